The molecule has 4 nitrogen and oxygen atoms in total. The second kappa shape index (κ2) is 7.75. The van der Waals surface area contributed by atoms with Gasteiger partial charge in [0.05, 0.1) is 23.7 Å². The Labute approximate surface area is 143 Å². The number of aliphatic hydroxyl groups excluding tert-OH is 1. The van der Waals surface area contributed by atoms with E-state index in [4.69, 9.17) is 4.74 Å². The van der Waals surface area contributed by atoms with Crippen molar-refractivity contribution < 1.29 is 9.84 Å². The predicted molar refractivity (Wildman–Crippen MR) is 96.9 cm³/mol. The third-order valence-electron chi connectivity index (χ3n) is 4.93. The number of aromatic nitrogens is 2. The number of pyridine rings is 2. The van der Waals surface area contributed by atoms with E-state index in [0.717, 1.165) is 42.3 Å². The Kier molecular flexibility index (Phi) is 5.46. The predicted octanol–water partition coefficient (Wildman–Crippen LogP) is 4.23. The highest BCUT2D eigenvalue weighted by molar-refractivity contribution is 5.84. The molecule has 1 N–H and O–H groups in total. The van der Waals surface area contributed by atoms with E-state index >= 15 is 0 Å². The lowest BCUT2D eigenvalue weighted by Crippen LogP contribution is -2.22. The summed E-state index contributed by atoms with van der Waals surface area (Å²) in [5, 5.41) is 9.71. The Bertz CT molecular complexity index is 704. The number of rotatable bonds is 5. The molecule has 0 amide bonds. The van der Waals surface area contributed by atoms with E-state index in [1.165, 1.54) is 0 Å². The number of allylic oxidation sites excluding steroid dienone is 1. The molecular weight excluding hydrogens is 300 g/mol. The van der Waals surface area contributed by atoms with Gasteiger partial charge in [-0.15, -0.1) is 0 Å². The van der Waals surface area contributed by atoms with Crippen LogP contribution in [-0.2, 0) is 0 Å². The van der Waals surface area contributed by atoms with Gasteiger partial charge in [-0.05, 0) is 63.5 Å². The molecule has 0 aliphatic heterocycles. The van der Waals surface area contributed by atoms with Gasteiger partial charge in [0.15, 0.2) is 0 Å². The van der Waals surface area contributed by atoms with Crippen LogP contribution in [0.3, 0.4) is 0 Å². The molecule has 1 aliphatic carbocycles. The first-order valence-electron chi connectivity index (χ1n) is 8.92. The highest BCUT2D eigenvalue weighted by atomic mass is 16.5. The van der Waals surface area contributed by atoms with Gasteiger partial charge in [-0.25, -0.2) is 4.98 Å². The van der Waals surface area contributed by atoms with Crippen LogP contribution in [0.1, 0.15) is 45.1 Å². The van der Waals surface area contributed by atoms with Gasteiger partial charge in [-0.1, -0.05) is 12.2 Å². The van der Waals surface area contributed by atoms with Crippen molar-refractivity contribution in [1.29, 1.82) is 0 Å². The van der Waals surface area contributed by atoms with Gasteiger partial charge >= 0.3 is 0 Å². The summed E-state index contributed by atoms with van der Waals surface area (Å²) in [6.07, 6.45) is 10.6. The van der Waals surface area contributed by atoms with Gasteiger partial charge in [0.25, 0.3) is 0 Å². The van der Waals surface area contributed by atoms with Gasteiger partial charge in [-0.2, -0.15) is 0 Å². The smallest absolute Gasteiger partial charge is 0.213 e. The van der Waals surface area contributed by atoms with Crippen molar-refractivity contribution in [2.45, 2.75) is 45.6 Å². The van der Waals surface area contributed by atoms with E-state index in [9.17, 15) is 5.11 Å². The Morgan fingerprint density at radius 1 is 1.25 bits per heavy atom. The minimum atomic E-state index is -0.180. The molecule has 0 aromatic carbocycles. The minimum Gasteiger partial charge on any atom is -0.478 e. The van der Waals surface area contributed by atoms with Crippen molar-refractivity contribution in [3.05, 3.63) is 36.0 Å². The monoisotopic (exact) mass is 326 g/mol. The fourth-order valence-corrected chi connectivity index (χ4v) is 3.45. The second-order valence-electron chi connectivity index (χ2n) is 6.62. The van der Waals surface area contributed by atoms with Gasteiger partial charge in [0.1, 0.15) is 0 Å². The van der Waals surface area contributed by atoms with Gasteiger partial charge in [-0.3, -0.25) is 4.98 Å². The summed E-state index contributed by atoms with van der Waals surface area (Å²) in [6.45, 7) is 4.47. The Hall–Kier alpha value is -1.94. The number of nitrogens with zero attached hydrogens (tertiary/aromatic N) is 2. The van der Waals surface area contributed by atoms with Gasteiger partial charge in [0, 0.05) is 17.8 Å². The summed E-state index contributed by atoms with van der Waals surface area (Å²) in [5.74, 6) is 1.69. The molecule has 0 bridgehead atoms. The normalized spacial score (nSPS) is 22.8. The molecule has 0 spiro atoms. The minimum absolute atomic E-state index is 0.180. The molecule has 24 heavy (non-hydrogen) atoms. The van der Waals surface area contributed by atoms with Crippen LogP contribution < -0.4 is 4.74 Å². The first-order valence-corrected chi connectivity index (χ1v) is 8.92. The van der Waals surface area contributed by atoms with Gasteiger partial charge < -0.3 is 9.84 Å². The lowest BCUT2D eigenvalue weighted by Gasteiger charge is -2.28. The van der Waals surface area contributed by atoms with E-state index < -0.39 is 0 Å². The SMILES string of the molecule is CCOc1ccc2nccc(/C=C/[C@H]3CC[C@H](C(C)O)CC3)c2n1. The van der Waals surface area contributed by atoms with Crippen molar-refractivity contribution in [1.82, 2.24) is 9.97 Å². The third kappa shape index (κ3) is 3.93. The summed E-state index contributed by atoms with van der Waals surface area (Å²) in [6, 6.07) is 5.82. The third-order valence-corrected chi connectivity index (χ3v) is 4.93. The maximum absolute atomic E-state index is 9.71. The van der Waals surface area contributed by atoms with Crippen LogP contribution in [0.25, 0.3) is 17.1 Å². The molecule has 1 unspecified atom stereocenters. The molecule has 4 heteroatoms. The fraction of sp³-hybridized carbons (Fsp3) is 0.500. The zero-order valence-corrected chi connectivity index (χ0v) is 14.5. The van der Waals surface area contributed by atoms with Crippen molar-refractivity contribution in [3.63, 3.8) is 0 Å². The largest absolute Gasteiger partial charge is 0.478 e. The summed E-state index contributed by atoms with van der Waals surface area (Å²) in [7, 11) is 0. The van der Waals surface area contributed by atoms with Crippen LogP contribution in [0.15, 0.2) is 30.5 Å². The number of fused-ring (bicyclic) bond motifs is 1. The van der Waals surface area contributed by atoms with Crippen molar-refractivity contribution >= 4 is 17.1 Å². The number of hydrogen-bond acceptors (Lipinski definition) is 4. The fourth-order valence-electron chi connectivity index (χ4n) is 3.45. The van der Waals surface area contributed by atoms with E-state index in [-0.39, 0.29) is 6.10 Å². The Balaban J connectivity index is 1.76. The van der Waals surface area contributed by atoms with Crippen LogP contribution in [-0.4, -0.2) is 27.8 Å². The highest BCUT2D eigenvalue weighted by Crippen LogP contribution is 2.32. The Morgan fingerprint density at radius 3 is 2.75 bits per heavy atom. The van der Waals surface area contributed by atoms with Crippen molar-refractivity contribution in [3.8, 4) is 5.88 Å². The van der Waals surface area contributed by atoms with Crippen molar-refractivity contribution in [2.75, 3.05) is 6.61 Å². The van der Waals surface area contributed by atoms with Gasteiger partial charge in [0.2, 0.25) is 5.88 Å². The quantitative estimate of drug-likeness (QED) is 0.893. The summed E-state index contributed by atoms with van der Waals surface area (Å²) < 4.78 is 5.51. The molecule has 0 radical (unpaired) electrons. The molecule has 0 saturated heterocycles. The second-order valence-corrected chi connectivity index (χ2v) is 6.62. The zero-order valence-electron chi connectivity index (χ0n) is 14.5. The molecule has 3 rings (SSSR count). The highest BCUT2D eigenvalue weighted by Gasteiger charge is 2.22. The number of aliphatic hydroxyl groups is 1. The van der Waals surface area contributed by atoms with E-state index in [2.05, 4.69) is 22.1 Å². The average Bonchev–Trinajstić information content (AvgIpc) is 2.60. The van der Waals surface area contributed by atoms with E-state index in [0.29, 0.717) is 24.3 Å². The lowest BCUT2D eigenvalue weighted by atomic mass is 9.79. The summed E-state index contributed by atoms with van der Waals surface area (Å²) in [4.78, 5) is 8.98. The molecule has 1 saturated carbocycles. The first kappa shape index (κ1) is 16.9. The van der Waals surface area contributed by atoms with Crippen molar-refractivity contribution in [2.24, 2.45) is 11.8 Å². The topological polar surface area (TPSA) is 55.2 Å². The molecule has 1 aliphatic rings. The lowest BCUT2D eigenvalue weighted by molar-refractivity contribution is 0.0940. The maximum Gasteiger partial charge on any atom is 0.213 e. The van der Waals surface area contributed by atoms with Crippen LogP contribution in [0, 0.1) is 11.8 Å². The maximum atomic E-state index is 9.71. The first-order chi connectivity index (χ1) is 11.7. The van der Waals surface area contributed by atoms with Crippen LogP contribution >= 0.6 is 0 Å². The molecule has 1 atom stereocenters. The number of ether oxygens (including phenoxy) is 1. The number of hydrogen-bond donors (Lipinski definition) is 1. The van der Waals surface area contributed by atoms with Crippen LogP contribution in [0.4, 0.5) is 0 Å². The molecule has 2 aromatic rings. The van der Waals surface area contributed by atoms with Crippen LogP contribution in [0.2, 0.25) is 0 Å². The van der Waals surface area contributed by atoms with E-state index in [1.807, 2.05) is 38.2 Å². The standard InChI is InChI=1S/C20H26N2O2/c1-3-24-19-11-10-18-20(22-19)17(12-13-21-18)9-6-15-4-7-16(8-5-15)14(2)23/h6,9-16,23H,3-5,7-8H2,1-2H3/b9-6+/t14?,15-,16-. The molecular formula is C20H26N2O2. The zero-order chi connectivity index (χ0) is 16.9. The molecule has 128 valence electrons. The van der Waals surface area contributed by atoms with Crippen LogP contribution in [0.5, 0.6) is 5.88 Å². The molecule has 2 heterocycles. The summed E-state index contributed by atoms with van der Waals surface area (Å²) >= 11 is 0. The molecule has 1 fully saturated rings. The Morgan fingerprint density at radius 2 is 2.04 bits per heavy atom. The molecule has 2 aromatic heterocycles. The van der Waals surface area contributed by atoms with E-state index in [1.54, 1.807) is 0 Å². The average molecular weight is 326 g/mol. The summed E-state index contributed by atoms with van der Waals surface area (Å²) in [5.41, 5.74) is 2.86.